The first kappa shape index (κ1) is 17.6. The molecule has 9 nitrogen and oxygen atoms in total. The van der Waals surface area contributed by atoms with Gasteiger partial charge < -0.3 is 5.32 Å². The van der Waals surface area contributed by atoms with Crippen LogP contribution in [0.4, 0.5) is 5.69 Å². The second-order valence-electron chi connectivity index (χ2n) is 5.49. The third-order valence-electron chi connectivity index (χ3n) is 3.69. The standard InChI is InChI=1S/C18H14N6O3/c19-9-11-5-7-12(8-6-11)20-10-15(25)21-24-18(27)16-13-3-1-2-4-14(13)17(26)23-22-16/h1-8,20H,10H2,(H,21,25)(H,23,26)(H,24,27). The van der Waals surface area contributed by atoms with Crippen LogP contribution < -0.4 is 21.7 Å². The molecule has 1 aromatic heterocycles. The van der Waals surface area contributed by atoms with Crippen molar-refractivity contribution in [3.8, 4) is 6.07 Å². The zero-order chi connectivity index (χ0) is 19.2. The van der Waals surface area contributed by atoms with Crippen LogP contribution in [0.1, 0.15) is 16.1 Å². The number of carbonyl (C=O) groups is 2. The van der Waals surface area contributed by atoms with Crippen molar-refractivity contribution in [2.24, 2.45) is 0 Å². The van der Waals surface area contributed by atoms with Crippen LogP contribution in [0.25, 0.3) is 10.8 Å². The Hall–Kier alpha value is -4.19. The van der Waals surface area contributed by atoms with Crippen molar-refractivity contribution < 1.29 is 9.59 Å². The van der Waals surface area contributed by atoms with Gasteiger partial charge in [0.1, 0.15) is 0 Å². The zero-order valence-corrected chi connectivity index (χ0v) is 13.9. The number of nitriles is 1. The van der Waals surface area contributed by atoms with E-state index in [2.05, 4.69) is 26.4 Å². The Bertz CT molecular complexity index is 1100. The van der Waals surface area contributed by atoms with Gasteiger partial charge in [0.2, 0.25) is 0 Å². The highest BCUT2D eigenvalue weighted by Gasteiger charge is 2.14. The molecule has 3 rings (SSSR count). The summed E-state index contributed by atoms with van der Waals surface area (Å²) in [7, 11) is 0. The molecule has 4 N–H and O–H groups in total. The minimum atomic E-state index is -0.658. The van der Waals surface area contributed by atoms with Crippen LogP contribution in [0.3, 0.4) is 0 Å². The van der Waals surface area contributed by atoms with Gasteiger partial charge in [0.15, 0.2) is 5.69 Å². The molecule has 134 valence electrons. The normalized spacial score (nSPS) is 10.0. The van der Waals surface area contributed by atoms with Crippen LogP contribution in [0, 0.1) is 11.3 Å². The third kappa shape index (κ3) is 4.08. The zero-order valence-electron chi connectivity index (χ0n) is 13.9. The van der Waals surface area contributed by atoms with Gasteiger partial charge >= 0.3 is 0 Å². The van der Waals surface area contributed by atoms with Crippen LogP contribution in [-0.2, 0) is 4.79 Å². The molecule has 2 aromatic carbocycles. The van der Waals surface area contributed by atoms with Crippen molar-refractivity contribution in [3.63, 3.8) is 0 Å². The summed E-state index contributed by atoms with van der Waals surface area (Å²) in [6.07, 6.45) is 0. The van der Waals surface area contributed by atoms with Crippen molar-refractivity contribution in [1.82, 2.24) is 21.0 Å². The summed E-state index contributed by atoms with van der Waals surface area (Å²) in [6.45, 7) is -0.0913. The number of nitrogens with zero attached hydrogens (tertiary/aromatic N) is 2. The summed E-state index contributed by atoms with van der Waals surface area (Å²) in [5.74, 6) is -1.14. The Labute approximate surface area is 153 Å². The number of hydrazine groups is 1. The van der Waals surface area contributed by atoms with Crippen molar-refractivity contribution in [2.75, 3.05) is 11.9 Å². The fourth-order valence-electron chi connectivity index (χ4n) is 2.36. The molecule has 0 saturated heterocycles. The largest absolute Gasteiger partial charge is 0.376 e. The van der Waals surface area contributed by atoms with E-state index in [1.165, 1.54) is 0 Å². The van der Waals surface area contributed by atoms with Gasteiger partial charge in [0, 0.05) is 11.1 Å². The Kier molecular flexibility index (Phi) is 5.09. The highest BCUT2D eigenvalue weighted by atomic mass is 16.2. The Balaban J connectivity index is 1.59. The lowest BCUT2D eigenvalue weighted by molar-refractivity contribution is -0.120. The van der Waals surface area contributed by atoms with Gasteiger partial charge in [-0.1, -0.05) is 18.2 Å². The second-order valence-corrected chi connectivity index (χ2v) is 5.49. The first-order valence-electron chi connectivity index (χ1n) is 7.89. The Morgan fingerprint density at radius 3 is 2.44 bits per heavy atom. The molecule has 1 heterocycles. The Morgan fingerprint density at radius 2 is 1.74 bits per heavy atom. The van der Waals surface area contributed by atoms with E-state index < -0.39 is 17.4 Å². The van der Waals surface area contributed by atoms with Crippen LogP contribution in [-0.4, -0.2) is 28.6 Å². The van der Waals surface area contributed by atoms with Gasteiger partial charge in [0.25, 0.3) is 17.4 Å². The summed E-state index contributed by atoms with van der Waals surface area (Å²) in [5.41, 5.74) is 5.28. The molecule has 0 saturated carbocycles. The van der Waals surface area contributed by atoms with E-state index in [1.807, 2.05) is 6.07 Å². The summed E-state index contributed by atoms with van der Waals surface area (Å²) in [4.78, 5) is 35.9. The number of rotatable bonds is 4. The van der Waals surface area contributed by atoms with E-state index in [9.17, 15) is 14.4 Å². The quantitative estimate of drug-likeness (QED) is 0.503. The van der Waals surface area contributed by atoms with Crippen molar-refractivity contribution in [1.29, 1.82) is 5.26 Å². The number of hydrogen-bond donors (Lipinski definition) is 4. The summed E-state index contributed by atoms with van der Waals surface area (Å²) in [6, 6.07) is 15.1. The number of benzene rings is 2. The number of fused-ring (bicyclic) bond motifs is 1. The Morgan fingerprint density at radius 1 is 1.04 bits per heavy atom. The summed E-state index contributed by atoms with van der Waals surface area (Å²) < 4.78 is 0. The molecule has 0 fully saturated rings. The van der Waals surface area contributed by atoms with Crippen LogP contribution in [0.2, 0.25) is 0 Å². The van der Waals surface area contributed by atoms with Crippen molar-refractivity contribution >= 4 is 28.3 Å². The molecule has 0 aliphatic carbocycles. The predicted octanol–water partition coefficient (Wildman–Crippen LogP) is 0.668. The fourth-order valence-corrected chi connectivity index (χ4v) is 2.36. The van der Waals surface area contributed by atoms with Crippen LogP contribution >= 0.6 is 0 Å². The lowest BCUT2D eigenvalue weighted by Gasteiger charge is -2.09. The maximum Gasteiger partial charge on any atom is 0.290 e. The van der Waals surface area contributed by atoms with Gasteiger partial charge in [-0.25, -0.2) is 5.10 Å². The summed E-state index contributed by atoms with van der Waals surface area (Å²) in [5, 5.41) is 18.3. The van der Waals surface area contributed by atoms with Crippen LogP contribution in [0.5, 0.6) is 0 Å². The SMILES string of the molecule is N#Cc1ccc(NCC(=O)NNC(=O)c2n[nH]c(=O)c3ccccc23)cc1. The van der Waals surface area contributed by atoms with Gasteiger partial charge in [-0.15, -0.1) is 0 Å². The van der Waals surface area contributed by atoms with E-state index in [4.69, 9.17) is 5.26 Å². The van der Waals surface area contributed by atoms with E-state index in [1.54, 1.807) is 48.5 Å². The highest BCUT2D eigenvalue weighted by Crippen LogP contribution is 2.11. The predicted molar refractivity (Wildman–Crippen MR) is 97.6 cm³/mol. The average molecular weight is 362 g/mol. The van der Waals surface area contributed by atoms with Gasteiger partial charge in [-0.3, -0.25) is 25.2 Å². The molecular formula is C18H14N6O3. The van der Waals surface area contributed by atoms with Gasteiger partial charge in [0.05, 0.1) is 23.6 Å². The smallest absolute Gasteiger partial charge is 0.290 e. The van der Waals surface area contributed by atoms with E-state index in [-0.39, 0.29) is 12.2 Å². The number of anilines is 1. The fraction of sp³-hybridized carbons (Fsp3) is 0.0556. The topological polar surface area (TPSA) is 140 Å². The first-order chi connectivity index (χ1) is 13.1. The highest BCUT2D eigenvalue weighted by molar-refractivity contribution is 6.05. The first-order valence-corrected chi connectivity index (χ1v) is 7.89. The lowest BCUT2D eigenvalue weighted by atomic mass is 10.1. The molecule has 9 heteroatoms. The maximum absolute atomic E-state index is 12.3. The molecular weight excluding hydrogens is 348 g/mol. The number of aromatic amines is 1. The second kappa shape index (κ2) is 7.79. The van der Waals surface area contributed by atoms with Gasteiger partial charge in [-0.05, 0) is 30.3 Å². The van der Waals surface area contributed by atoms with Gasteiger partial charge in [-0.2, -0.15) is 10.4 Å². The molecule has 0 atom stereocenters. The number of carbonyl (C=O) groups excluding carboxylic acids is 2. The van der Waals surface area contributed by atoms with E-state index in [0.717, 1.165) is 0 Å². The average Bonchev–Trinajstić information content (AvgIpc) is 2.71. The van der Waals surface area contributed by atoms with Crippen molar-refractivity contribution in [2.45, 2.75) is 0 Å². The third-order valence-corrected chi connectivity index (χ3v) is 3.69. The number of hydrogen-bond acceptors (Lipinski definition) is 6. The van der Waals surface area contributed by atoms with Crippen molar-refractivity contribution in [3.05, 3.63) is 70.1 Å². The summed E-state index contributed by atoms with van der Waals surface area (Å²) >= 11 is 0. The lowest BCUT2D eigenvalue weighted by Crippen LogP contribution is -2.44. The molecule has 0 aliphatic heterocycles. The molecule has 0 spiro atoms. The number of aromatic nitrogens is 2. The maximum atomic E-state index is 12.3. The number of amides is 2. The molecule has 27 heavy (non-hydrogen) atoms. The van der Waals surface area contributed by atoms with Crippen LogP contribution in [0.15, 0.2) is 53.3 Å². The molecule has 0 bridgehead atoms. The molecule has 0 unspecified atom stereocenters. The monoisotopic (exact) mass is 362 g/mol. The number of nitrogens with one attached hydrogen (secondary N) is 4. The molecule has 0 aliphatic rings. The van der Waals surface area contributed by atoms with E-state index >= 15 is 0 Å². The molecule has 2 amide bonds. The van der Waals surface area contributed by atoms with E-state index in [0.29, 0.717) is 22.0 Å². The number of H-pyrrole nitrogens is 1. The molecule has 0 radical (unpaired) electrons. The molecule has 3 aromatic rings. The minimum Gasteiger partial charge on any atom is -0.376 e. The minimum absolute atomic E-state index is 0.00875.